The number of hydrogen-bond acceptors (Lipinski definition) is 6. The predicted molar refractivity (Wildman–Crippen MR) is 136 cm³/mol. The predicted octanol–water partition coefficient (Wildman–Crippen LogP) is 2.44. The van der Waals surface area contributed by atoms with Crippen molar-refractivity contribution >= 4 is 28.7 Å². The van der Waals surface area contributed by atoms with Crippen LogP contribution in [0.1, 0.15) is 27.0 Å². The quantitative estimate of drug-likeness (QED) is 0.481. The minimum Gasteiger partial charge on any atom is -0.353 e. The van der Waals surface area contributed by atoms with Crippen LogP contribution in [-0.4, -0.2) is 74.5 Å². The van der Waals surface area contributed by atoms with Crippen LogP contribution in [0, 0.1) is 0 Å². The van der Waals surface area contributed by atoms with Crippen molar-refractivity contribution in [3.8, 4) is 0 Å². The second-order valence-corrected chi connectivity index (χ2v) is 9.30. The maximum absolute atomic E-state index is 13.2. The molecule has 36 heavy (non-hydrogen) atoms. The molecule has 0 atom stereocenters. The van der Waals surface area contributed by atoms with Crippen molar-refractivity contribution in [3.63, 3.8) is 0 Å². The Hall–Kier alpha value is -4.27. The summed E-state index contributed by atoms with van der Waals surface area (Å²) >= 11 is 0. The lowest BCUT2D eigenvalue weighted by Crippen LogP contribution is -2.49. The third-order valence-corrected chi connectivity index (χ3v) is 7.10. The van der Waals surface area contributed by atoms with Crippen LogP contribution in [0.25, 0.3) is 11.0 Å². The smallest absolute Gasteiger partial charge is 0.253 e. The number of pyridine rings is 2. The van der Waals surface area contributed by atoms with Gasteiger partial charge in [0.25, 0.3) is 5.91 Å². The molecule has 0 aliphatic carbocycles. The van der Waals surface area contributed by atoms with Crippen molar-refractivity contribution in [2.75, 3.05) is 37.6 Å². The number of aromatic nitrogens is 4. The van der Waals surface area contributed by atoms with Crippen LogP contribution in [0.2, 0.25) is 0 Å². The fraction of sp³-hybridized carbons (Fsp3) is 0.296. The number of anilines is 1. The second kappa shape index (κ2) is 9.41. The molecule has 9 heteroatoms. The summed E-state index contributed by atoms with van der Waals surface area (Å²) in [6, 6.07) is 13.4. The number of amides is 2. The van der Waals surface area contributed by atoms with Crippen LogP contribution in [0.3, 0.4) is 0 Å². The lowest BCUT2D eigenvalue weighted by atomic mass is 9.98. The fourth-order valence-corrected chi connectivity index (χ4v) is 5.13. The molecule has 2 aliphatic heterocycles. The van der Waals surface area contributed by atoms with Crippen molar-refractivity contribution in [2.45, 2.75) is 19.4 Å². The van der Waals surface area contributed by atoms with Crippen molar-refractivity contribution in [3.05, 3.63) is 83.3 Å². The molecule has 1 aromatic carbocycles. The summed E-state index contributed by atoms with van der Waals surface area (Å²) < 4.78 is 0. The van der Waals surface area contributed by atoms with Crippen molar-refractivity contribution in [1.29, 1.82) is 0 Å². The largest absolute Gasteiger partial charge is 0.353 e. The lowest BCUT2D eigenvalue weighted by molar-refractivity contribution is -0.131. The Morgan fingerprint density at radius 3 is 2.64 bits per heavy atom. The number of hydrogen-bond donors (Lipinski definition) is 1. The van der Waals surface area contributed by atoms with Crippen LogP contribution < -0.4 is 4.90 Å². The van der Waals surface area contributed by atoms with E-state index in [1.54, 1.807) is 12.4 Å². The maximum atomic E-state index is 13.2. The SMILES string of the molecule is O=C(Cc1cccc(C(=O)N2CCN(c3ccccn3)CC2)c1)N1CCc2c(cnc3[nH]ncc23)C1. The van der Waals surface area contributed by atoms with E-state index >= 15 is 0 Å². The van der Waals surface area contributed by atoms with Gasteiger partial charge in [-0.15, -0.1) is 0 Å². The normalized spacial score (nSPS) is 15.7. The van der Waals surface area contributed by atoms with Gasteiger partial charge in [0, 0.05) is 62.6 Å². The van der Waals surface area contributed by atoms with Gasteiger partial charge in [-0.25, -0.2) is 9.97 Å². The van der Waals surface area contributed by atoms with E-state index in [-0.39, 0.29) is 18.2 Å². The van der Waals surface area contributed by atoms with Crippen LogP contribution in [-0.2, 0) is 24.2 Å². The summed E-state index contributed by atoms with van der Waals surface area (Å²) in [5.41, 5.74) is 4.55. The van der Waals surface area contributed by atoms with E-state index in [0.29, 0.717) is 31.7 Å². The summed E-state index contributed by atoms with van der Waals surface area (Å²) in [5, 5.41) is 8.03. The Kier molecular flexibility index (Phi) is 5.80. The third kappa shape index (κ3) is 4.28. The second-order valence-electron chi connectivity index (χ2n) is 9.30. The Morgan fingerprint density at radius 2 is 1.81 bits per heavy atom. The topological polar surface area (TPSA) is 98.3 Å². The number of nitrogens with one attached hydrogen (secondary N) is 1. The molecule has 0 unspecified atom stereocenters. The standard InChI is InChI=1S/C27H27N7O2/c35-25(34-9-7-22-21(18-34)16-29-26-23(22)17-30-31-26)15-19-4-3-5-20(14-19)27(36)33-12-10-32(11-13-33)24-6-1-2-8-28-24/h1-6,8,14,16-17H,7,9-13,15,18H2,(H,29,30,31). The molecule has 2 aliphatic rings. The van der Waals surface area contributed by atoms with Crippen molar-refractivity contribution < 1.29 is 9.59 Å². The molecular weight excluding hydrogens is 454 g/mol. The highest BCUT2D eigenvalue weighted by atomic mass is 16.2. The summed E-state index contributed by atoms with van der Waals surface area (Å²) in [5.74, 6) is 1.00. The van der Waals surface area contributed by atoms with Gasteiger partial charge in [0.1, 0.15) is 5.82 Å². The number of carbonyl (C=O) groups excluding carboxylic acids is 2. The first-order valence-electron chi connectivity index (χ1n) is 12.3. The molecule has 0 bridgehead atoms. The summed E-state index contributed by atoms with van der Waals surface area (Å²) in [4.78, 5) is 41.1. The molecule has 182 valence electrons. The fourth-order valence-electron chi connectivity index (χ4n) is 5.13. The van der Waals surface area contributed by atoms with Gasteiger partial charge in [0.05, 0.1) is 12.6 Å². The van der Waals surface area contributed by atoms with Crippen molar-refractivity contribution in [1.82, 2.24) is 30.0 Å². The molecule has 4 aromatic rings. The van der Waals surface area contributed by atoms with Gasteiger partial charge in [0.15, 0.2) is 5.65 Å². The molecular formula is C27H27N7O2. The van der Waals surface area contributed by atoms with Gasteiger partial charge >= 0.3 is 0 Å². The van der Waals surface area contributed by atoms with E-state index in [4.69, 9.17) is 0 Å². The minimum absolute atomic E-state index is 0.00655. The molecule has 1 saturated heterocycles. The van der Waals surface area contributed by atoms with Crippen molar-refractivity contribution in [2.24, 2.45) is 0 Å². The summed E-state index contributed by atoms with van der Waals surface area (Å²) in [6.07, 6.45) is 6.48. The van der Waals surface area contributed by atoms with Gasteiger partial charge in [-0.05, 0) is 47.4 Å². The molecule has 3 aromatic heterocycles. The molecule has 5 heterocycles. The average molecular weight is 482 g/mol. The zero-order valence-corrected chi connectivity index (χ0v) is 19.9. The van der Waals surface area contributed by atoms with E-state index in [1.807, 2.05) is 58.5 Å². The summed E-state index contributed by atoms with van der Waals surface area (Å²) in [7, 11) is 0. The molecule has 9 nitrogen and oxygen atoms in total. The van der Waals surface area contributed by atoms with Crippen LogP contribution in [0.4, 0.5) is 5.82 Å². The Balaban J connectivity index is 1.09. The van der Waals surface area contributed by atoms with Crippen LogP contribution in [0.15, 0.2) is 61.1 Å². The Labute approximate surface area is 208 Å². The van der Waals surface area contributed by atoms with Gasteiger partial charge in [-0.3, -0.25) is 14.7 Å². The highest BCUT2D eigenvalue weighted by Crippen LogP contribution is 2.25. The third-order valence-electron chi connectivity index (χ3n) is 7.10. The summed E-state index contributed by atoms with van der Waals surface area (Å²) in [6.45, 7) is 3.99. The number of H-pyrrole nitrogens is 1. The number of rotatable bonds is 4. The molecule has 1 N–H and O–H groups in total. The van der Waals surface area contributed by atoms with Gasteiger partial charge in [-0.2, -0.15) is 5.10 Å². The molecule has 0 saturated carbocycles. The zero-order valence-electron chi connectivity index (χ0n) is 19.9. The van der Waals surface area contributed by atoms with E-state index in [0.717, 1.165) is 47.5 Å². The number of benzene rings is 1. The van der Waals surface area contributed by atoms with E-state index in [1.165, 1.54) is 5.56 Å². The van der Waals surface area contributed by atoms with E-state index in [9.17, 15) is 9.59 Å². The molecule has 6 rings (SSSR count). The highest BCUT2D eigenvalue weighted by molar-refractivity contribution is 5.95. The number of aromatic amines is 1. The molecule has 0 radical (unpaired) electrons. The Morgan fingerprint density at radius 1 is 0.917 bits per heavy atom. The zero-order chi connectivity index (χ0) is 24.5. The first kappa shape index (κ1) is 22.2. The van der Waals surface area contributed by atoms with Crippen LogP contribution in [0.5, 0.6) is 0 Å². The number of piperazine rings is 1. The first-order chi connectivity index (χ1) is 17.7. The molecule has 2 amide bonds. The molecule has 0 spiro atoms. The lowest BCUT2D eigenvalue weighted by Gasteiger charge is -2.35. The number of nitrogens with zero attached hydrogens (tertiary/aromatic N) is 6. The molecule has 1 fully saturated rings. The first-order valence-corrected chi connectivity index (χ1v) is 12.3. The van der Waals surface area contributed by atoms with Gasteiger partial charge < -0.3 is 14.7 Å². The van der Waals surface area contributed by atoms with Gasteiger partial charge in [-0.1, -0.05) is 18.2 Å². The highest BCUT2D eigenvalue weighted by Gasteiger charge is 2.25. The van der Waals surface area contributed by atoms with E-state index < -0.39 is 0 Å². The average Bonchev–Trinajstić information content (AvgIpc) is 3.43. The van der Waals surface area contributed by atoms with E-state index in [2.05, 4.69) is 25.1 Å². The Bertz CT molecular complexity index is 1410. The monoisotopic (exact) mass is 481 g/mol. The number of carbonyl (C=O) groups is 2. The minimum atomic E-state index is 0.00655. The number of fused-ring (bicyclic) bond motifs is 3. The van der Waals surface area contributed by atoms with Crippen LogP contribution >= 0.6 is 0 Å². The maximum Gasteiger partial charge on any atom is 0.253 e. The van der Waals surface area contributed by atoms with Gasteiger partial charge in [0.2, 0.25) is 5.91 Å².